The zero-order chi connectivity index (χ0) is 15.4. The van der Waals surface area contributed by atoms with Gasteiger partial charge < -0.3 is 10.4 Å². The zero-order valence-electron chi connectivity index (χ0n) is 13.3. The van der Waals surface area contributed by atoms with E-state index in [9.17, 15) is 9.59 Å². The van der Waals surface area contributed by atoms with Crippen LogP contribution in [0.4, 0.5) is 0 Å². The summed E-state index contributed by atoms with van der Waals surface area (Å²) in [6, 6.07) is -0.753. The predicted molar refractivity (Wildman–Crippen MR) is 88.8 cm³/mol. The third kappa shape index (κ3) is 12.2. The number of nitrogens with one attached hydrogen (secondary N) is 1. The molecule has 5 heteroatoms. The van der Waals surface area contributed by atoms with Crippen molar-refractivity contribution in [3.05, 3.63) is 0 Å². The Balaban J connectivity index is 0. The van der Waals surface area contributed by atoms with Gasteiger partial charge in [0.25, 0.3) is 0 Å². The quantitative estimate of drug-likeness (QED) is 0.430. The molecule has 2 unspecified atom stereocenters. The molecule has 0 aliphatic heterocycles. The van der Waals surface area contributed by atoms with Crippen LogP contribution in [-0.2, 0) is 9.59 Å². The molecule has 0 spiro atoms. The molecule has 0 saturated carbocycles. The van der Waals surface area contributed by atoms with E-state index < -0.39 is 12.0 Å². The van der Waals surface area contributed by atoms with E-state index in [1.54, 1.807) is 0 Å². The van der Waals surface area contributed by atoms with Crippen LogP contribution in [0, 0.1) is 5.92 Å². The van der Waals surface area contributed by atoms with Gasteiger partial charge in [-0.25, -0.2) is 4.79 Å². The minimum absolute atomic E-state index is 0. The fourth-order valence-electron chi connectivity index (χ4n) is 2.17. The Morgan fingerprint density at radius 3 is 2.00 bits per heavy atom. The number of carbonyl (C=O) groups is 2. The van der Waals surface area contributed by atoms with E-state index >= 15 is 0 Å². The first-order valence-electron chi connectivity index (χ1n) is 8.05. The van der Waals surface area contributed by atoms with Crippen molar-refractivity contribution in [2.45, 2.75) is 84.6 Å². The summed E-state index contributed by atoms with van der Waals surface area (Å²) in [6.45, 7) is 5.98. The Morgan fingerprint density at radius 2 is 1.52 bits per heavy atom. The van der Waals surface area contributed by atoms with Gasteiger partial charge in [-0.2, -0.15) is 0 Å². The molecule has 0 aliphatic rings. The van der Waals surface area contributed by atoms with Crippen molar-refractivity contribution in [3.63, 3.8) is 0 Å². The van der Waals surface area contributed by atoms with E-state index in [0.717, 1.165) is 19.3 Å². The summed E-state index contributed by atoms with van der Waals surface area (Å²) in [7, 11) is 0. The number of hydrogen-bond donors (Lipinski definition) is 2. The van der Waals surface area contributed by atoms with E-state index in [1.807, 2.05) is 13.8 Å². The van der Waals surface area contributed by atoms with Gasteiger partial charge in [-0.15, -0.1) is 0 Å². The second-order valence-corrected chi connectivity index (χ2v) is 5.64. The van der Waals surface area contributed by atoms with Gasteiger partial charge in [-0.05, 0) is 12.3 Å². The molecule has 1 amide bonds. The molecule has 0 aromatic carbocycles. The SMILES string of the molecule is CCCCCCCCCC(=O)NC(C(=O)O)C(C)CC.[NaH]. The van der Waals surface area contributed by atoms with E-state index in [0.29, 0.717) is 6.42 Å². The molecule has 0 aromatic rings. The van der Waals surface area contributed by atoms with Crippen LogP contribution in [0.5, 0.6) is 0 Å². The first kappa shape index (κ1) is 23.2. The van der Waals surface area contributed by atoms with Crippen LogP contribution in [0.2, 0.25) is 0 Å². The van der Waals surface area contributed by atoms with Gasteiger partial charge in [0.15, 0.2) is 0 Å². The van der Waals surface area contributed by atoms with Crippen molar-refractivity contribution in [1.29, 1.82) is 0 Å². The zero-order valence-corrected chi connectivity index (χ0v) is 13.3. The second kappa shape index (κ2) is 14.9. The normalized spacial score (nSPS) is 13.1. The Hall–Kier alpha value is -0.0600. The van der Waals surface area contributed by atoms with E-state index in [4.69, 9.17) is 5.11 Å². The van der Waals surface area contributed by atoms with Crippen molar-refractivity contribution >= 4 is 41.4 Å². The van der Waals surface area contributed by atoms with Crippen molar-refractivity contribution in [1.82, 2.24) is 5.32 Å². The molecule has 0 heterocycles. The molecule has 120 valence electrons. The van der Waals surface area contributed by atoms with Crippen molar-refractivity contribution < 1.29 is 14.7 Å². The molecule has 0 aliphatic carbocycles. The number of unbranched alkanes of at least 4 members (excludes halogenated alkanes) is 6. The average Bonchev–Trinajstić information content (AvgIpc) is 2.42. The topological polar surface area (TPSA) is 66.4 Å². The molecule has 2 N–H and O–H groups in total. The number of carboxylic acids is 1. The van der Waals surface area contributed by atoms with E-state index in [1.165, 1.54) is 32.1 Å². The Bertz CT molecular complexity index is 285. The second-order valence-electron chi connectivity index (χ2n) is 5.64. The predicted octanol–water partition coefficient (Wildman–Crippen LogP) is 3.09. The van der Waals surface area contributed by atoms with Crippen LogP contribution in [-0.4, -0.2) is 52.6 Å². The third-order valence-electron chi connectivity index (χ3n) is 3.80. The van der Waals surface area contributed by atoms with Crippen molar-refractivity contribution in [2.75, 3.05) is 0 Å². The van der Waals surface area contributed by atoms with Crippen LogP contribution < -0.4 is 5.32 Å². The Morgan fingerprint density at radius 1 is 1.00 bits per heavy atom. The summed E-state index contributed by atoms with van der Waals surface area (Å²) in [5, 5.41) is 11.7. The van der Waals surface area contributed by atoms with E-state index in [2.05, 4.69) is 12.2 Å². The molecule has 0 saturated heterocycles. The van der Waals surface area contributed by atoms with Gasteiger partial charge in [-0.3, -0.25) is 4.79 Å². The first-order chi connectivity index (χ1) is 9.52. The van der Waals surface area contributed by atoms with E-state index in [-0.39, 0.29) is 41.4 Å². The molecule has 4 nitrogen and oxygen atoms in total. The maximum atomic E-state index is 11.7. The van der Waals surface area contributed by atoms with Crippen LogP contribution in [0.1, 0.15) is 78.6 Å². The number of hydrogen-bond acceptors (Lipinski definition) is 2. The fourth-order valence-corrected chi connectivity index (χ4v) is 2.17. The van der Waals surface area contributed by atoms with Crippen LogP contribution >= 0.6 is 0 Å². The molecule has 2 atom stereocenters. The Labute approximate surface area is 151 Å². The van der Waals surface area contributed by atoms with Gasteiger partial charge in [0.2, 0.25) is 5.91 Å². The number of carboxylic acid groups (broad SMARTS) is 1. The molecule has 21 heavy (non-hydrogen) atoms. The monoisotopic (exact) mass is 309 g/mol. The molecule has 0 fully saturated rings. The number of aliphatic carboxylic acids is 1. The molecule has 0 rings (SSSR count). The molecular weight excluding hydrogens is 277 g/mol. The summed E-state index contributed by atoms with van der Waals surface area (Å²) < 4.78 is 0. The summed E-state index contributed by atoms with van der Waals surface area (Å²) in [6.07, 6.45) is 9.30. The van der Waals surface area contributed by atoms with Crippen LogP contribution in [0.3, 0.4) is 0 Å². The molecular formula is C16H32NNaO3. The molecule has 0 bridgehead atoms. The number of carbonyl (C=O) groups excluding carboxylic acids is 1. The number of rotatable bonds is 12. The fraction of sp³-hybridized carbons (Fsp3) is 0.875. The van der Waals surface area contributed by atoms with Gasteiger partial charge >= 0.3 is 35.5 Å². The molecule has 0 radical (unpaired) electrons. The van der Waals surface area contributed by atoms with Gasteiger partial charge in [0.05, 0.1) is 0 Å². The Kier molecular flexibility index (Phi) is 16.4. The van der Waals surface area contributed by atoms with Gasteiger partial charge in [0, 0.05) is 6.42 Å². The summed E-state index contributed by atoms with van der Waals surface area (Å²) in [5.41, 5.74) is 0. The van der Waals surface area contributed by atoms with Gasteiger partial charge in [-0.1, -0.05) is 65.7 Å². The third-order valence-corrected chi connectivity index (χ3v) is 3.80. The summed E-state index contributed by atoms with van der Waals surface area (Å²) >= 11 is 0. The first-order valence-corrected chi connectivity index (χ1v) is 8.05. The number of amides is 1. The summed E-state index contributed by atoms with van der Waals surface area (Å²) in [4.78, 5) is 22.8. The summed E-state index contributed by atoms with van der Waals surface area (Å²) in [5.74, 6) is -1.11. The van der Waals surface area contributed by atoms with Crippen LogP contribution in [0.25, 0.3) is 0 Å². The average molecular weight is 309 g/mol. The standard InChI is InChI=1S/C16H31NO3.Na.H/c1-4-6-7-8-9-10-11-12-14(18)17-15(16(19)20)13(3)5-2;;/h13,15H,4-12H2,1-3H3,(H,17,18)(H,19,20);;. The maximum absolute atomic E-state index is 11.7. The van der Waals surface area contributed by atoms with Crippen molar-refractivity contribution in [3.8, 4) is 0 Å². The molecule has 0 aromatic heterocycles. The van der Waals surface area contributed by atoms with Crippen LogP contribution in [0.15, 0.2) is 0 Å². The van der Waals surface area contributed by atoms with Crippen molar-refractivity contribution in [2.24, 2.45) is 5.92 Å². The van der Waals surface area contributed by atoms with Gasteiger partial charge in [0.1, 0.15) is 6.04 Å². The minimum atomic E-state index is -0.938.